The molecule has 1 aromatic carbocycles. The molecule has 8 heteroatoms. The lowest BCUT2D eigenvalue weighted by molar-refractivity contribution is -0.140. The normalized spacial score (nSPS) is 12.9. The van der Waals surface area contributed by atoms with Gasteiger partial charge in [0.05, 0.1) is 6.61 Å². The van der Waals surface area contributed by atoms with Crippen LogP contribution in [-0.2, 0) is 21.0 Å². The molecule has 0 saturated heterocycles. The van der Waals surface area contributed by atoms with Gasteiger partial charge in [0.25, 0.3) is 0 Å². The molecule has 0 spiro atoms. The summed E-state index contributed by atoms with van der Waals surface area (Å²) in [7, 11) is 0. The lowest BCUT2D eigenvalue weighted by Crippen LogP contribution is -2.51. The summed E-state index contributed by atoms with van der Waals surface area (Å²) in [5, 5.41) is 14.3. The van der Waals surface area contributed by atoms with E-state index in [1.807, 2.05) is 20.1 Å². The van der Waals surface area contributed by atoms with Crippen molar-refractivity contribution in [2.45, 2.75) is 45.4 Å². The Morgan fingerprint density at radius 2 is 1.93 bits per heavy atom. The smallest absolute Gasteiger partial charge is 0.334 e. The van der Waals surface area contributed by atoms with Crippen molar-refractivity contribution in [3.63, 3.8) is 0 Å². The minimum Gasteiger partial charge on any atom is -0.425 e. The van der Waals surface area contributed by atoms with Crippen LogP contribution in [0.4, 0.5) is 0 Å². The van der Waals surface area contributed by atoms with Crippen LogP contribution in [0.3, 0.4) is 0 Å². The summed E-state index contributed by atoms with van der Waals surface area (Å²) in [6.07, 6.45) is 3.29. The highest BCUT2D eigenvalue weighted by molar-refractivity contribution is 7.98. The zero-order valence-corrected chi connectivity index (χ0v) is 16.8. The molecule has 0 aromatic heterocycles. The van der Waals surface area contributed by atoms with E-state index in [1.54, 1.807) is 36.0 Å². The Bertz CT molecular complexity index is 617. The van der Waals surface area contributed by atoms with Crippen molar-refractivity contribution in [3.8, 4) is 5.75 Å². The van der Waals surface area contributed by atoms with Crippen molar-refractivity contribution in [1.82, 2.24) is 10.6 Å². The SMILES string of the molecule is CSCC[C@H](NC=O)C(=O)N[C@@H](CC(C)C)C(=O)Oc1ccc(CO)cc1.[HH].[HH]. The van der Waals surface area contributed by atoms with Crippen LogP contribution in [0.25, 0.3) is 0 Å². The molecule has 0 fully saturated rings. The van der Waals surface area contributed by atoms with E-state index in [9.17, 15) is 14.4 Å². The van der Waals surface area contributed by atoms with E-state index < -0.39 is 24.0 Å². The summed E-state index contributed by atoms with van der Waals surface area (Å²) >= 11 is 1.57. The van der Waals surface area contributed by atoms with Crippen molar-refractivity contribution in [3.05, 3.63) is 29.8 Å². The highest BCUT2D eigenvalue weighted by atomic mass is 32.2. The van der Waals surface area contributed by atoms with E-state index in [2.05, 4.69) is 10.6 Å². The molecule has 3 N–H and O–H groups in total. The van der Waals surface area contributed by atoms with Crippen LogP contribution in [0, 0.1) is 5.92 Å². The summed E-state index contributed by atoms with van der Waals surface area (Å²) < 4.78 is 5.37. The van der Waals surface area contributed by atoms with Gasteiger partial charge < -0.3 is 20.5 Å². The number of hydrogen-bond donors (Lipinski definition) is 3. The lowest BCUT2D eigenvalue weighted by Gasteiger charge is -2.22. The average Bonchev–Trinajstić information content (AvgIpc) is 2.64. The maximum Gasteiger partial charge on any atom is 0.334 e. The van der Waals surface area contributed by atoms with E-state index in [4.69, 9.17) is 9.84 Å². The molecule has 2 amide bonds. The van der Waals surface area contributed by atoms with Gasteiger partial charge >= 0.3 is 5.97 Å². The molecule has 154 valence electrons. The molecule has 2 atom stereocenters. The molecule has 7 nitrogen and oxygen atoms in total. The largest absolute Gasteiger partial charge is 0.425 e. The molecule has 0 aliphatic carbocycles. The minimum atomic E-state index is -0.819. The minimum absolute atomic E-state index is 0. The number of hydrogen-bond acceptors (Lipinski definition) is 6. The van der Waals surface area contributed by atoms with Crippen LogP contribution in [0.2, 0.25) is 0 Å². The fourth-order valence-corrected chi connectivity index (χ4v) is 2.89. The number of nitrogens with one attached hydrogen (secondary N) is 2. The molecule has 0 aliphatic rings. The van der Waals surface area contributed by atoms with Crippen molar-refractivity contribution in [2.75, 3.05) is 12.0 Å². The van der Waals surface area contributed by atoms with Gasteiger partial charge in [0.2, 0.25) is 12.3 Å². The predicted molar refractivity (Wildman–Crippen MR) is 110 cm³/mol. The summed E-state index contributed by atoms with van der Waals surface area (Å²) in [5.41, 5.74) is 0.707. The second-order valence-corrected chi connectivity index (χ2v) is 7.52. The molecule has 0 radical (unpaired) electrons. The number of rotatable bonds is 12. The monoisotopic (exact) mass is 400 g/mol. The summed E-state index contributed by atoms with van der Waals surface area (Å²) in [5.74, 6) is 0.224. The number of thioether (sulfide) groups is 1. The third-order valence-electron chi connectivity index (χ3n) is 3.83. The van der Waals surface area contributed by atoms with Gasteiger partial charge in [-0.3, -0.25) is 9.59 Å². The Morgan fingerprint density at radius 3 is 2.44 bits per heavy atom. The second kappa shape index (κ2) is 12.3. The van der Waals surface area contributed by atoms with E-state index >= 15 is 0 Å². The molecule has 0 saturated carbocycles. The number of carbonyl (C=O) groups excluding carboxylic acids is 3. The van der Waals surface area contributed by atoms with Gasteiger partial charge in [0.15, 0.2) is 0 Å². The lowest BCUT2D eigenvalue weighted by atomic mass is 10.0. The first-order chi connectivity index (χ1) is 12.9. The van der Waals surface area contributed by atoms with Crippen LogP contribution in [-0.4, -0.2) is 47.5 Å². The van der Waals surface area contributed by atoms with Gasteiger partial charge in [0, 0.05) is 2.85 Å². The Kier molecular flexibility index (Phi) is 10.5. The third kappa shape index (κ3) is 8.45. The van der Waals surface area contributed by atoms with Gasteiger partial charge in [-0.15, -0.1) is 0 Å². The number of carbonyl (C=O) groups is 3. The van der Waals surface area contributed by atoms with Crippen molar-refractivity contribution >= 4 is 30.0 Å². The first kappa shape index (κ1) is 23.0. The van der Waals surface area contributed by atoms with Gasteiger partial charge in [0.1, 0.15) is 17.8 Å². The van der Waals surface area contributed by atoms with Crippen LogP contribution in [0.5, 0.6) is 5.75 Å². The molecule has 1 aromatic rings. The first-order valence-corrected chi connectivity index (χ1v) is 10.2. The number of esters is 1. The van der Waals surface area contributed by atoms with Gasteiger partial charge in [-0.1, -0.05) is 26.0 Å². The van der Waals surface area contributed by atoms with Crippen LogP contribution < -0.4 is 15.4 Å². The zero-order chi connectivity index (χ0) is 20.2. The molecular formula is C19H32N2O5S. The van der Waals surface area contributed by atoms with Crippen LogP contribution in [0.1, 0.15) is 35.1 Å². The Hall–Kier alpha value is -2.06. The molecule has 0 aliphatic heterocycles. The number of amides is 2. The average molecular weight is 401 g/mol. The number of aliphatic hydroxyl groups excluding tert-OH is 1. The van der Waals surface area contributed by atoms with Gasteiger partial charge in [-0.05, 0) is 48.5 Å². The Labute approximate surface area is 167 Å². The molecule has 0 unspecified atom stereocenters. The van der Waals surface area contributed by atoms with Crippen molar-refractivity contribution < 1.29 is 27.1 Å². The summed E-state index contributed by atoms with van der Waals surface area (Å²) in [4.78, 5) is 35.8. The standard InChI is InChI=1S/C19H28N2O5S.2H2/c1-13(2)10-17(21-18(24)16(20-12-23)8-9-27-3)19(25)26-15-6-4-14(11-22)5-7-15;;/h4-7,12-13,16-17,22H,8-11H2,1-3H3,(H,20,23)(H,21,24);2*1H/t16-,17-;;/m0../s1. The molecule has 0 heterocycles. The molecule has 1 rings (SSSR count). The van der Waals surface area contributed by atoms with Gasteiger partial charge in [-0.2, -0.15) is 11.8 Å². The van der Waals surface area contributed by atoms with Crippen molar-refractivity contribution in [2.24, 2.45) is 5.92 Å². The number of ether oxygens (including phenoxy) is 1. The quantitative estimate of drug-likeness (QED) is 0.281. The van der Waals surface area contributed by atoms with E-state index in [0.29, 0.717) is 36.3 Å². The number of aliphatic hydroxyl groups is 1. The maximum atomic E-state index is 12.6. The van der Waals surface area contributed by atoms with Gasteiger partial charge in [-0.25, -0.2) is 4.79 Å². The highest BCUT2D eigenvalue weighted by Gasteiger charge is 2.27. The van der Waals surface area contributed by atoms with E-state index in [1.165, 1.54) is 0 Å². The third-order valence-corrected chi connectivity index (χ3v) is 4.47. The maximum absolute atomic E-state index is 12.6. The van der Waals surface area contributed by atoms with E-state index in [0.717, 1.165) is 0 Å². The predicted octanol–water partition coefficient (Wildman–Crippen LogP) is 1.97. The molecular weight excluding hydrogens is 368 g/mol. The van der Waals surface area contributed by atoms with Crippen LogP contribution in [0.15, 0.2) is 24.3 Å². The van der Waals surface area contributed by atoms with Crippen LogP contribution >= 0.6 is 11.8 Å². The Balaban J connectivity index is 0. The Morgan fingerprint density at radius 1 is 1.26 bits per heavy atom. The zero-order valence-electron chi connectivity index (χ0n) is 15.9. The summed E-state index contributed by atoms with van der Waals surface area (Å²) in [6.45, 7) is 3.79. The van der Waals surface area contributed by atoms with Crippen molar-refractivity contribution in [1.29, 1.82) is 0 Å². The molecule has 27 heavy (non-hydrogen) atoms. The fraction of sp³-hybridized carbons (Fsp3) is 0.526. The highest BCUT2D eigenvalue weighted by Crippen LogP contribution is 2.15. The fourth-order valence-electron chi connectivity index (χ4n) is 2.42. The van der Waals surface area contributed by atoms with E-state index in [-0.39, 0.29) is 15.4 Å². The first-order valence-electron chi connectivity index (χ1n) is 8.81. The topological polar surface area (TPSA) is 105 Å². The number of benzene rings is 1. The second-order valence-electron chi connectivity index (χ2n) is 6.53. The summed E-state index contributed by atoms with van der Waals surface area (Å²) in [6, 6.07) is 4.98. The molecule has 0 bridgehead atoms.